The maximum absolute atomic E-state index is 13.0. The number of hydrogen-bond donors (Lipinski definition) is 1. The number of methoxy groups -OCH3 is 1. The Balaban J connectivity index is 1.84. The largest absolute Gasteiger partial charge is 0.507 e. The van der Waals surface area contributed by atoms with Crippen molar-refractivity contribution in [1.29, 1.82) is 0 Å². The van der Waals surface area contributed by atoms with Gasteiger partial charge in [0.2, 0.25) is 0 Å². The lowest BCUT2D eigenvalue weighted by atomic mass is 9.94. The molecule has 2 heterocycles. The molecule has 0 spiro atoms. The van der Waals surface area contributed by atoms with E-state index in [-0.39, 0.29) is 17.9 Å². The number of ether oxygens (including phenoxy) is 1. The lowest BCUT2D eigenvalue weighted by Gasteiger charge is -2.25. The predicted octanol–water partition coefficient (Wildman–Crippen LogP) is 3.49. The van der Waals surface area contributed by atoms with Crippen LogP contribution in [0.1, 0.15) is 33.1 Å². The number of aromatic nitrogens is 1. The normalized spacial score (nSPS) is 17.4. The second-order valence-electron chi connectivity index (χ2n) is 7.26. The molecule has 0 aliphatic carbocycles. The zero-order chi connectivity index (χ0) is 22.7. The number of ketones is 1. The molecule has 4 rings (SSSR count). The zero-order valence-corrected chi connectivity index (χ0v) is 17.3. The summed E-state index contributed by atoms with van der Waals surface area (Å²) in [5, 5.41) is 11.0. The van der Waals surface area contributed by atoms with Crippen LogP contribution in [0, 0.1) is 0 Å². The van der Waals surface area contributed by atoms with E-state index >= 15 is 0 Å². The summed E-state index contributed by atoms with van der Waals surface area (Å²) in [4.78, 5) is 43.2. The fraction of sp³-hybridized carbons (Fsp3) is 0.120. The number of aliphatic hydroxyl groups is 1. The Hall–Kier alpha value is -4.26. The minimum absolute atomic E-state index is 0.0112. The number of hydrogen-bond acceptors (Lipinski definition) is 6. The highest BCUT2D eigenvalue weighted by Gasteiger charge is 2.46. The number of rotatable bonds is 5. The van der Waals surface area contributed by atoms with Gasteiger partial charge in [-0.15, -0.1) is 0 Å². The van der Waals surface area contributed by atoms with Gasteiger partial charge < -0.3 is 14.7 Å². The van der Waals surface area contributed by atoms with E-state index in [1.54, 1.807) is 36.4 Å². The number of Topliss-reactive ketones (excluding diaryl/α,β-unsaturated/α-hetero) is 1. The molecule has 1 N–H and O–H groups in total. The van der Waals surface area contributed by atoms with Gasteiger partial charge in [-0.1, -0.05) is 42.5 Å². The predicted molar refractivity (Wildman–Crippen MR) is 116 cm³/mol. The highest BCUT2D eigenvalue weighted by Crippen LogP contribution is 2.40. The Labute approximate surface area is 184 Å². The first-order chi connectivity index (χ1) is 15.5. The lowest BCUT2D eigenvalue weighted by molar-refractivity contribution is -0.140. The van der Waals surface area contributed by atoms with Gasteiger partial charge in [-0.05, 0) is 35.4 Å². The number of benzene rings is 2. The van der Waals surface area contributed by atoms with Crippen molar-refractivity contribution in [3.05, 3.63) is 107 Å². The Morgan fingerprint density at radius 1 is 0.969 bits per heavy atom. The van der Waals surface area contributed by atoms with Crippen LogP contribution in [0.5, 0.6) is 0 Å². The van der Waals surface area contributed by atoms with Crippen molar-refractivity contribution in [2.75, 3.05) is 7.11 Å². The fourth-order valence-corrected chi connectivity index (χ4v) is 3.75. The molecular formula is C25H20N2O5. The molecule has 7 nitrogen and oxygen atoms in total. The first-order valence-electron chi connectivity index (χ1n) is 9.92. The first kappa shape index (κ1) is 21.0. The van der Waals surface area contributed by atoms with Gasteiger partial charge >= 0.3 is 5.97 Å². The van der Waals surface area contributed by atoms with Crippen molar-refractivity contribution >= 4 is 23.4 Å². The average molecular weight is 428 g/mol. The summed E-state index contributed by atoms with van der Waals surface area (Å²) in [6.07, 6.45) is 2.99. The summed E-state index contributed by atoms with van der Waals surface area (Å²) in [5.41, 5.74) is 2.14. The van der Waals surface area contributed by atoms with Gasteiger partial charge in [0.25, 0.3) is 11.7 Å². The molecule has 3 aromatic rings. The number of esters is 1. The molecule has 7 heteroatoms. The van der Waals surface area contributed by atoms with Crippen LogP contribution < -0.4 is 0 Å². The third-order valence-electron chi connectivity index (χ3n) is 5.34. The highest BCUT2D eigenvalue weighted by molar-refractivity contribution is 6.46. The maximum atomic E-state index is 13.0. The number of nitrogens with zero attached hydrogens (tertiary/aromatic N) is 2. The molecule has 0 bridgehead atoms. The smallest absolute Gasteiger partial charge is 0.337 e. The summed E-state index contributed by atoms with van der Waals surface area (Å²) in [7, 11) is 1.29. The van der Waals surface area contributed by atoms with Crippen molar-refractivity contribution in [2.24, 2.45) is 0 Å². The monoisotopic (exact) mass is 428 g/mol. The molecule has 160 valence electrons. The summed E-state index contributed by atoms with van der Waals surface area (Å²) < 4.78 is 4.74. The Morgan fingerprint density at radius 3 is 2.25 bits per heavy atom. The molecule has 0 saturated carbocycles. The van der Waals surface area contributed by atoms with Crippen LogP contribution in [-0.4, -0.2) is 39.8 Å². The number of pyridine rings is 1. The van der Waals surface area contributed by atoms with E-state index in [1.807, 2.05) is 30.3 Å². The zero-order valence-electron chi connectivity index (χ0n) is 17.3. The molecule has 1 aliphatic heterocycles. The van der Waals surface area contributed by atoms with Crippen LogP contribution >= 0.6 is 0 Å². The van der Waals surface area contributed by atoms with E-state index in [4.69, 9.17) is 4.74 Å². The van der Waals surface area contributed by atoms with E-state index in [0.717, 1.165) is 5.56 Å². The molecule has 1 saturated heterocycles. The molecule has 32 heavy (non-hydrogen) atoms. The number of carbonyl (C=O) groups is 3. The van der Waals surface area contributed by atoms with Crippen LogP contribution in [0.15, 0.2) is 84.7 Å². The van der Waals surface area contributed by atoms with Gasteiger partial charge in [-0.2, -0.15) is 0 Å². The minimum Gasteiger partial charge on any atom is -0.507 e. The summed E-state index contributed by atoms with van der Waals surface area (Å²) >= 11 is 0. The number of amides is 1. The SMILES string of the molecule is COC(=O)c1ccc(C2C(=C(O)c3ccncc3)C(=O)C(=O)N2Cc2ccccc2)cc1. The number of aliphatic hydroxyl groups excluding tert-OH is 1. The van der Waals surface area contributed by atoms with Crippen LogP contribution in [0.2, 0.25) is 0 Å². The molecule has 2 aromatic carbocycles. The second-order valence-corrected chi connectivity index (χ2v) is 7.26. The molecule has 1 amide bonds. The van der Waals surface area contributed by atoms with Gasteiger partial charge in [0.15, 0.2) is 0 Å². The molecule has 1 aromatic heterocycles. The van der Waals surface area contributed by atoms with Gasteiger partial charge in [0, 0.05) is 24.5 Å². The lowest BCUT2D eigenvalue weighted by Crippen LogP contribution is -2.29. The van der Waals surface area contributed by atoms with Crippen LogP contribution in [-0.2, 0) is 20.9 Å². The number of likely N-dealkylation sites (tertiary alicyclic amines) is 1. The summed E-state index contributed by atoms with van der Waals surface area (Å²) in [6.45, 7) is 0.182. The molecule has 0 radical (unpaired) electrons. The van der Waals surface area contributed by atoms with Gasteiger partial charge in [0.05, 0.1) is 24.3 Å². The summed E-state index contributed by atoms with van der Waals surface area (Å²) in [6, 6.07) is 18.0. The third-order valence-corrected chi connectivity index (χ3v) is 5.34. The topological polar surface area (TPSA) is 96.8 Å². The van der Waals surface area contributed by atoms with E-state index in [0.29, 0.717) is 16.7 Å². The molecule has 1 atom stereocenters. The maximum Gasteiger partial charge on any atom is 0.337 e. The Bertz CT molecular complexity index is 1190. The molecule has 1 fully saturated rings. The molecule has 1 aliphatic rings. The van der Waals surface area contributed by atoms with Gasteiger partial charge in [-0.3, -0.25) is 14.6 Å². The third kappa shape index (κ3) is 3.88. The van der Waals surface area contributed by atoms with Gasteiger partial charge in [0.1, 0.15) is 5.76 Å². The average Bonchev–Trinajstić information content (AvgIpc) is 3.09. The standard InChI is InChI=1S/C25H20N2O5/c1-32-25(31)19-9-7-17(8-10-19)21-20(22(28)18-11-13-26-14-12-18)23(29)24(30)27(21)15-16-5-3-2-4-6-16/h2-14,21,28H,15H2,1H3. The number of carbonyl (C=O) groups excluding carboxylic acids is 3. The Morgan fingerprint density at radius 2 is 1.62 bits per heavy atom. The highest BCUT2D eigenvalue weighted by atomic mass is 16.5. The van der Waals surface area contributed by atoms with Crippen molar-refractivity contribution < 1.29 is 24.2 Å². The van der Waals surface area contributed by atoms with Crippen molar-refractivity contribution in [1.82, 2.24) is 9.88 Å². The summed E-state index contributed by atoms with van der Waals surface area (Å²) in [5.74, 6) is -2.24. The van der Waals surface area contributed by atoms with Crippen molar-refractivity contribution in [2.45, 2.75) is 12.6 Å². The quantitative estimate of drug-likeness (QED) is 0.289. The van der Waals surface area contributed by atoms with Crippen LogP contribution in [0.3, 0.4) is 0 Å². The van der Waals surface area contributed by atoms with E-state index in [2.05, 4.69) is 4.98 Å². The molecular weight excluding hydrogens is 408 g/mol. The first-order valence-corrected chi connectivity index (χ1v) is 9.92. The van der Waals surface area contributed by atoms with E-state index in [9.17, 15) is 19.5 Å². The second kappa shape index (κ2) is 8.85. The molecule has 1 unspecified atom stereocenters. The fourth-order valence-electron chi connectivity index (χ4n) is 3.75. The minimum atomic E-state index is -0.824. The van der Waals surface area contributed by atoms with Gasteiger partial charge in [-0.25, -0.2) is 4.79 Å². The van der Waals surface area contributed by atoms with E-state index < -0.39 is 23.7 Å². The van der Waals surface area contributed by atoms with E-state index in [1.165, 1.54) is 24.4 Å². The Kier molecular flexibility index (Phi) is 5.81. The van der Waals surface area contributed by atoms with Crippen molar-refractivity contribution in [3.8, 4) is 0 Å². The van der Waals surface area contributed by atoms with Crippen LogP contribution in [0.4, 0.5) is 0 Å². The van der Waals surface area contributed by atoms with Crippen molar-refractivity contribution in [3.63, 3.8) is 0 Å². The van der Waals surface area contributed by atoms with Crippen LogP contribution in [0.25, 0.3) is 5.76 Å².